The minimum atomic E-state index is -1.30. The second-order valence-electron chi connectivity index (χ2n) is 6.57. The summed E-state index contributed by atoms with van der Waals surface area (Å²) in [5.41, 5.74) is -0.668. The first-order chi connectivity index (χ1) is 12.4. The number of aromatic nitrogens is 2. The fourth-order valence-electron chi connectivity index (χ4n) is 2.90. The number of rotatable bonds is 4. The molecule has 1 aliphatic carbocycles. The number of hydrogen-bond donors (Lipinski definition) is 3. The van der Waals surface area contributed by atoms with Gasteiger partial charge >= 0.3 is 11.8 Å². The predicted octanol–water partition coefficient (Wildman–Crippen LogP) is 0.212. The van der Waals surface area contributed by atoms with E-state index < -0.39 is 36.3 Å². The third-order valence-corrected chi connectivity index (χ3v) is 4.75. The van der Waals surface area contributed by atoms with E-state index in [0.717, 1.165) is 23.8 Å². The van der Waals surface area contributed by atoms with E-state index in [4.69, 9.17) is 15.9 Å². The molecular weight excluding hydrogens is 342 g/mol. The van der Waals surface area contributed by atoms with Gasteiger partial charge in [0.15, 0.2) is 12.0 Å². The van der Waals surface area contributed by atoms with Crippen molar-refractivity contribution in [2.24, 2.45) is 5.92 Å². The van der Waals surface area contributed by atoms with E-state index >= 15 is 0 Å². The van der Waals surface area contributed by atoms with Crippen molar-refractivity contribution >= 4 is 11.9 Å². The van der Waals surface area contributed by atoms with Crippen LogP contribution in [0.2, 0.25) is 0 Å². The molecule has 1 amide bonds. The molecule has 2 unspecified atom stereocenters. The molecule has 2 heterocycles. The maximum Gasteiger partial charge on any atom is 0.412 e. The van der Waals surface area contributed by atoms with Crippen LogP contribution in [-0.2, 0) is 9.47 Å². The van der Waals surface area contributed by atoms with E-state index in [1.807, 2.05) is 0 Å². The van der Waals surface area contributed by atoms with Crippen LogP contribution in [0.3, 0.4) is 0 Å². The van der Waals surface area contributed by atoms with E-state index in [1.54, 1.807) is 6.92 Å². The maximum absolute atomic E-state index is 12.3. The fourth-order valence-corrected chi connectivity index (χ4v) is 2.90. The predicted molar refractivity (Wildman–Crippen MR) is 90.3 cm³/mol. The van der Waals surface area contributed by atoms with Gasteiger partial charge in [-0.1, -0.05) is 12.3 Å². The minimum Gasteiger partial charge on any atom is -0.449 e. The Morgan fingerprint density at radius 2 is 2.23 bits per heavy atom. The molecule has 1 aromatic rings. The van der Waals surface area contributed by atoms with E-state index in [1.165, 1.54) is 6.20 Å². The summed E-state index contributed by atoms with van der Waals surface area (Å²) in [5, 5.41) is 22.2. The minimum absolute atomic E-state index is 0.103. The molecule has 26 heavy (non-hydrogen) atoms. The number of hydrogen-bond acceptors (Lipinski definition) is 7. The third kappa shape index (κ3) is 3.58. The van der Waals surface area contributed by atoms with Crippen molar-refractivity contribution in [3.63, 3.8) is 0 Å². The summed E-state index contributed by atoms with van der Waals surface area (Å²) in [6.07, 6.45) is 4.93. The SMILES string of the molecule is C#Cc1cn([C@@H]2O[C@H](C)C(O)C2O)c(=O)nc1NC(=O)OCC1CCC1. The summed E-state index contributed by atoms with van der Waals surface area (Å²) < 4.78 is 11.5. The number of amides is 1. The lowest BCUT2D eigenvalue weighted by Gasteiger charge is -2.24. The normalized spacial score (nSPS) is 28.2. The van der Waals surface area contributed by atoms with Crippen LogP contribution in [-0.4, -0.2) is 50.8 Å². The zero-order valence-electron chi connectivity index (χ0n) is 14.3. The van der Waals surface area contributed by atoms with Gasteiger partial charge in [-0.05, 0) is 25.7 Å². The van der Waals surface area contributed by atoms with Crippen LogP contribution >= 0.6 is 0 Å². The highest BCUT2D eigenvalue weighted by Gasteiger charge is 2.42. The van der Waals surface area contributed by atoms with Crippen molar-refractivity contribution in [3.05, 3.63) is 22.2 Å². The number of terminal acetylenes is 1. The number of nitrogens with one attached hydrogen (secondary N) is 1. The fraction of sp³-hybridized carbons (Fsp3) is 0.588. The lowest BCUT2D eigenvalue weighted by molar-refractivity contribution is -0.0350. The molecule has 9 nitrogen and oxygen atoms in total. The summed E-state index contributed by atoms with van der Waals surface area (Å²) in [4.78, 5) is 27.9. The third-order valence-electron chi connectivity index (χ3n) is 4.75. The first-order valence-electron chi connectivity index (χ1n) is 8.46. The van der Waals surface area contributed by atoms with Gasteiger partial charge in [0.1, 0.15) is 12.2 Å². The number of carbonyl (C=O) groups excluding carboxylic acids is 1. The smallest absolute Gasteiger partial charge is 0.412 e. The Balaban J connectivity index is 1.76. The zero-order chi connectivity index (χ0) is 18.8. The van der Waals surface area contributed by atoms with Crippen molar-refractivity contribution in [1.82, 2.24) is 9.55 Å². The first kappa shape index (κ1) is 18.4. The van der Waals surface area contributed by atoms with Crippen LogP contribution in [0.4, 0.5) is 10.6 Å². The Morgan fingerprint density at radius 1 is 1.50 bits per heavy atom. The zero-order valence-corrected chi connectivity index (χ0v) is 14.3. The van der Waals surface area contributed by atoms with Crippen molar-refractivity contribution in [3.8, 4) is 12.3 Å². The van der Waals surface area contributed by atoms with Crippen LogP contribution in [0, 0.1) is 18.3 Å². The van der Waals surface area contributed by atoms with Gasteiger partial charge in [-0.25, -0.2) is 9.59 Å². The van der Waals surface area contributed by atoms with E-state index in [0.29, 0.717) is 12.5 Å². The molecule has 2 aliphatic rings. The lowest BCUT2D eigenvalue weighted by atomic mass is 9.86. The van der Waals surface area contributed by atoms with E-state index in [2.05, 4.69) is 16.2 Å². The largest absolute Gasteiger partial charge is 0.449 e. The number of carbonyl (C=O) groups is 1. The molecule has 140 valence electrons. The highest BCUT2D eigenvalue weighted by atomic mass is 16.6. The van der Waals surface area contributed by atoms with Gasteiger partial charge in [0, 0.05) is 6.20 Å². The monoisotopic (exact) mass is 363 g/mol. The average Bonchev–Trinajstić information content (AvgIpc) is 2.81. The summed E-state index contributed by atoms with van der Waals surface area (Å²) in [6.45, 7) is 1.88. The maximum atomic E-state index is 12.3. The van der Waals surface area contributed by atoms with E-state index in [9.17, 15) is 19.8 Å². The molecular formula is C17H21N3O6. The van der Waals surface area contributed by atoms with Gasteiger partial charge in [-0.15, -0.1) is 6.42 Å². The van der Waals surface area contributed by atoms with Gasteiger partial charge in [-0.2, -0.15) is 4.98 Å². The molecule has 1 saturated heterocycles. The summed E-state index contributed by atoms with van der Waals surface area (Å²) in [5.74, 6) is 2.60. The second-order valence-corrected chi connectivity index (χ2v) is 6.57. The number of ether oxygens (including phenoxy) is 2. The van der Waals surface area contributed by atoms with Crippen LogP contribution in [0.1, 0.15) is 38.0 Å². The average molecular weight is 363 g/mol. The van der Waals surface area contributed by atoms with Crippen molar-refractivity contribution < 1.29 is 24.5 Å². The highest BCUT2D eigenvalue weighted by Crippen LogP contribution is 2.29. The number of aliphatic hydroxyl groups excluding tert-OH is 2. The Morgan fingerprint density at radius 3 is 2.77 bits per heavy atom. The number of nitrogens with zero attached hydrogens (tertiary/aromatic N) is 2. The molecule has 4 atom stereocenters. The number of aliphatic hydroxyl groups is 2. The van der Waals surface area contributed by atoms with Gasteiger partial charge in [-0.3, -0.25) is 9.88 Å². The molecule has 1 saturated carbocycles. The quantitative estimate of drug-likeness (QED) is 0.654. The van der Waals surface area contributed by atoms with Crippen LogP contribution < -0.4 is 11.0 Å². The van der Waals surface area contributed by atoms with E-state index in [-0.39, 0.29) is 11.4 Å². The molecule has 3 rings (SSSR count). The standard InChI is InChI=1S/C17H21N3O6/c1-3-11-7-20(15-13(22)12(21)9(2)26-15)16(23)18-14(11)19-17(24)25-8-10-5-4-6-10/h1,7,9-10,12-13,15,21-22H,4-6,8H2,2H3,(H,18,19,23,24)/t9-,12?,13?,15-/m1/s1. The topological polar surface area (TPSA) is 123 Å². The Kier molecular flexibility index (Phi) is 5.27. The molecule has 0 bridgehead atoms. The van der Waals surface area contributed by atoms with Gasteiger partial charge < -0.3 is 19.7 Å². The van der Waals surface area contributed by atoms with Gasteiger partial charge in [0.05, 0.1) is 18.3 Å². The van der Waals surface area contributed by atoms with Crippen LogP contribution in [0.15, 0.2) is 11.0 Å². The summed E-state index contributed by atoms with van der Waals surface area (Å²) >= 11 is 0. The molecule has 1 aliphatic heterocycles. The lowest BCUT2D eigenvalue weighted by Crippen LogP contribution is -2.36. The van der Waals surface area contributed by atoms with Gasteiger partial charge in [0.2, 0.25) is 0 Å². The Bertz CT molecular complexity index is 782. The van der Waals surface area contributed by atoms with Crippen molar-refractivity contribution in [2.75, 3.05) is 11.9 Å². The Labute approximate surface area is 150 Å². The Hall–Kier alpha value is -2.41. The van der Waals surface area contributed by atoms with Gasteiger partial charge in [0.25, 0.3) is 0 Å². The molecule has 2 fully saturated rings. The highest BCUT2D eigenvalue weighted by molar-refractivity contribution is 5.84. The van der Waals surface area contributed by atoms with Crippen LogP contribution in [0.5, 0.6) is 0 Å². The molecule has 9 heteroatoms. The molecule has 0 spiro atoms. The molecule has 0 aromatic carbocycles. The first-order valence-corrected chi connectivity index (χ1v) is 8.46. The molecule has 3 N–H and O–H groups in total. The molecule has 1 aromatic heterocycles. The summed E-state index contributed by atoms with van der Waals surface area (Å²) in [7, 11) is 0. The van der Waals surface area contributed by atoms with Crippen LogP contribution in [0.25, 0.3) is 0 Å². The molecule has 0 radical (unpaired) electrons. The van der Waals surface area contributed by atoms with Crippen molar-refractivity contribution in [1.29, 1.82) is 0 Å². The number of anilines is 1. The summed E-state index contributed by atoms with van der Waals surface area (Å²) in [6, 6.07) is 0. The van der Waals surface area contributed by atoms with Crippen molar-refractivity contribution in [2.45, 2.75) is 50.7 Å². The second kappa shape index (κ2) is 7.45.